The molecule has 1 aromatic heterocycles. The molecule has 0 fully saturated rings. The summed E-state index contributed by atoms with van der Waals surface area (Å²) in [6.07, 6.45) is 2.37. The minimum Gasteiger partial charge on any atom is -0.489 e. The van der Waals surface area contributed by atoms with E-state index in [-0.39, 0.29) is 5.82 Å². The van der Waals surface area contributed by atoms with Gasteiger partial charge in [0.2, 0.25) is 0 Å². The van der Waals surface area contributed by atoms with Gasteiger partial charge in [0.1, 0.15) is 29.8 Å². The summed E-state index contributed by atoms with van der Waals surface area (Å²) in [5, 5.41) is 9.56. The van der Waals surface area contributed by atoms with Crippen molar-refractivity contribution in [2.75, 3.05) is 18.9 Å². The molecule has 2 aromatic rings. The van der Waals surface area contributed by atoms with Gasteiger partial charge in [-0.25, -0.2) is 4.98 Å². The molecule has 3 rings (SSSR count). The summed E-state index contributed by atoms with van der Waals surface area (Å²) < 4.78 is 11.3. The van der Waals surface area contributed by atoms with Crippen LogP contribution in [0.25, 0.3) is 11.1 Å². The number of hydrogen-bond donors (Lipinski definition) is 1. The molecule has 1 aliphatic heterocycles. The van der Waals surface area contributed by atoms with E-state index in [1.807, 2.05) is 24.3 Å². The molecule has 0 aliphatic carbocycles. The lowest BCUT2D eigenvalue weighted by Crippen LogP contribution is -2.16. The Morgan fingerprint density at radius 1 is 1.43 bits per heavy atom. The number of ether oxygens (including phenoxy) is 2. The Hall–Kier alpha value is -2.84. The lowest BCUT2D eigenvalue weighted by molar-refractivity contribution is 0.109. The lowest BCUT2D eigenvalue weighted by Gasteiger charge is -2.22. The summed E-state index contributed by atoms with van der Waals surface area (Å²) in [4.78, 5) is 4.38. The van der Waals surface area contributed by atoms with Crippen molar-refractivity contribution in [1.82, 2.24) is 4.98 Å². The maximum absolute atomic E-state index is 9.56. The summed E-state index contributed by atoms with van der Waals surface area (Å²) in [5.74, 6) is 0.934. The molecule has 5 heteroatoms. The number of anilines is 1. The van der Waals surface area contributed by atoms with Crippen LogP contribution in [0.3, 0.4) is 0 Å². The van der Waals surface area contributed by atoms with E-state index in [4.69, 9.17) is 15.2 Å². The first-order chi connectivity index (χ1) is 11.3. The van der Waals surface area contributed by atoms with Gasteiger partial charge >= 0.3 is 0 Å². The summed E-state index contributed by atoms with van der Waals surface area (Å²) >= 11 is 0. The van der Waals surface area contributed by atoms with Crippen molar-refractivity contribution in [2.24, 2.45) is 0 Å². The van der Waals surface area contributed by atoms with Crippen molar-refractivity contribution in [3.8, 4) is 22.9 Å². The van der Waals surface area contributed by atoms with Crippen LogP contribution >= 0.6 is 0 Å². The van der Waals surface area contributed by atoms with Crippen LogP contribution in [0.5, 0.6) is 5.75 Å². The smallest absolute Gasteiger partial charge is 0.142 e. The van der Waals surface area contributed by atoms with Gasteiger partial charge in [0.05, 0.1) is 18.9 Å². The minimum atomic E-state index is 0.252. The van der Waals surface area contributed by atoms with Gasteiger partial charge in [-0.2, -0.15) is 5.26 Å². The Morgan fingerprint density at radius 2 is 2.26 bits per heavy atom. The van der Waals surface area contributed by atoms with Gasteiger partial charge in [-0.1, -0.05) is 30.9 Å². The van der Waals surface area contributed by atoms with Crippen LogP contribution in [0.15, 0.2) is 36.9 Å². The van der Waals surface area contributed by atoms with Crippen molar-refractivity contribution < 1.29 is 9.47 Å². The average Bonchev–Trinajstić information content (AvgIpc) is 2.59. The molecule has 0 saturated carbocycles. The molecule has 0 amide bonds. The number of hydrogen-bond acceptors (Lipinski definition) is 5. The SMILES string of the molecule is C=CCOc1ccccc1-c1c(C#N)c(N)nc2c1COCC2. The molecule has 0 spiro atoms. The normalized spacial score (nSPS) is 13.0. The molecular formula is C18H17N3O2. The van der Waals surface area contributed by atoms with Crippen LogP contribution in [-0.2, 0) is 17.8 Å². The van der Waals surface area contributed by atoms with E-state index in [1.165, 1.54) is 0 Å². The Morgan fingerprint density at radius 3 is 3.04 bits per heavy atom. The third-order valence-electron chi connectivity index (χ3n) is 3.77. The molecule has 0 unspecified atom stereocenters. The summed E-state index contributed by atoms with van der Waals surface area (Å²) in [7, 11) is 0. The van der Waals surface area contributed by atoms with Gasteiger partial charge in [0.25, 0.3) is 0 Å². The molecule has 1 aliphatic rings. The van der Waals surface area contributed by atoms with E-state index in [0.29, 0.717) is 37.6 Å². The van der Waals surface area contributed by atoms with Gasteiger partial charge in [0.15, 0.2) is 0 Å². The topological polar surface area (TPSA) is 81.2 Å². The van der Waals surface area contributed by atoms with Crippen LogP contribution in [-0.4, -0.2) is 18.2 Å². The number of rotatable bonds is 4. The van der Waals surface area contributed by atoms with Crippen LogP contribution < -0.4 is 10.5 Å². The number of nitrogens with two attached hydrogens (primary N) is 1. The minimum absolute atomic E-state index is 0.252. The van der Waals surface area contributed by atoms with Crippen molar-refractivity contribution in [3.63, 3.8) is 0 Å². The summed E-state index contributed by atoms with van der Waals surface area (Å²) in [5.41, 5.74) is 9.76. The Balaban J connectivity index is 2.25. The maximum Gasteiger partial charge on any atom is 0.142 e. The molecule has 0 radical (unpaired) electrons. The summed E-state index contributed by atoms with van der Waals surface area (Å²) in [6, 6.07) is 9.76. The molecule has 1 aromatic carbocycles. The monoisotopic (exact) mass is 307 g/mol. The Labute approximate surface area is 135 Å². The molecule has 5 nitrogen and oxygen atoms in total. The molecule has 2 heterocycles. The standard InChI is InChI=1S/C18H17N3O2/c1-2-8-23-16-6-4-3-5-12(16)17-13(10-19)18(20)21-15-7-9-22-11-14(15)17/h2-6H,1,7-9,11H2,(H2,20,21). The third kappa shape index (κ3) is 2.77. The largest absolute Gasteiger partial charge is 0.489 e. The zero-order valence-corrected chi connectivity index (χ0v) is 12.7. The van der Waals surface area contributed by atoms with E-state index in [0.717, 1.165) is 22.4 Å². The highest BCUT2D eigenvalue weighted by Crippen LogP contribution is 2.39. The zero-order valence-electron chi connectivity index (χ0n) is 12.7. The number of nitrogens with zero attached hydrogens (tertiary/aromatic N) is 2. The number of para-hydroxylation sites is 1. The number of nitriles is 1. The van der Waals surface area contributed by atoms with Crippen LogP contribution in [0, 0.1) is 11.3 Å². The predicted octanol–water partition coefficient (Wildman–Crippen LogP) is 2.84. The van der Waals surface area contributed by atoms with Crippen LogP contribution in [0.1, 0.15) is 16.8 Å². The number of benzene rings is 1. The molecule has 0 bridgehead atoms. The molecule has 23 heavy (non-hydrogen) atoms. The lowest BCUT2D eigenvalue weighted by atomic mass is 9.92. The van der Waals surface area contributed by atoms with Gasteiger partial charge in [-0.15, -0.1) is 0 Å². The summed E-state index contributed by atoms with van der Waals surface area (Å²) in [6.45, 7) is 5.09. The van der Waals surface area contributed by atoms with Crippen molar-refractivity contribution in [3.05, 3.63) is 53.7 Å². The van der Waals surface area contributed by atoms with E-state index in [2.05, 4.69) is 17.6 Å². The van der Waals surface area contributed by atoms with Gasteiger partial charge in [-0.05, 0) is 6.07 Å². The number of pyridine rings is 1. The third-order valence-corrected chi connectivity index (χ3v) is 3.77. The average molecular weight is 307 g/mol. The fourth-order valence-corrected chi connectivity index (χ4v) is 2.76. The molecular weight excluding hydrogens is 290 g/mol. The molecule has 2 N–H and O–H groups in total. The number of aromatic nitrogens is 1. The first-order valence-corrected chi connectivity index (χ1v) is 7.38. The van der Waals surface area contributed by atoms with Crippen molar-refractivity contribution in [2.45, 2.75) is 13.0 Å². The van der Waals surface area contributed by atoms with E-state index < -0.39 is 0 Å². The van der Waals surface area contributed by atoms with E-state index in [9.17, 15) is 5.26 Å². The van der Waals surface area contributed by atoms with E-state index >= 15 is 0 Å². The van der Waals surface area contributed by atoms with Crippen molar-refractivity contribution >= 4 is 5.82 Å². The fraction of sp³-hybridized carbons (Fsp3) is 0.222. The predicted molar refractivity (Wildman–Crippen MR) is 87.9 cm³/mol. The van der Waals surface area contributed by atoms with Gasteiger partial charge < -0.3 is 15.2 Å². The first-order valence-electron chi connectivity index (χ1n) is 7.38. The van der Waals surface area contributed by atoms with E-state index in [1.54, 1.807) is 6.08 Å². The maximum atomic E-state index is 9.56. The van der Waals surface area contributed by atoms with Crippen LogP contribution in [0.2, 0.25) is 0 Å². The first kappa shape index (κ1) is 15.1. The van der Waals surface area contributed by atoms with Crippen molar-refractivity contribution in [1.29, 1.82) is 5.26 Å². The highest BCUT2D eigenvalue weighted by Gasteiger charge is 2.24. The molecule has 0 atom stereocenters. The Kier molecular flexibility index (Phi) is 4.26. The van der Waals surface area contributed by atoms with Gasteiger partial charge in [0, 0.05) is 23.1 Å². The highest BCUT2D eigenvalue weighted by atomic mass is 16.5. The molecule has 0 saturated heterocycles. The second-order valence-corrected chi connectivity index (χ2v) is 5.18. The molecule has 116 valence electrons. The quantitative estimate of drug-likeness (QED) is 0.878. The Bertz CT molecular complexity index is 794. The number of nitrogen functional groups attached to an aromatic ring is 1. The fourth-order valence-electron chi connectivity index (χ4n) is 2.76. The van der Waals surface area contributed by atoms with Crippen LogP contribution in [0.4, 0.5) is 5.82 Å². The zero-order chi connectivity index (χ0) is 16.2. The second kappa shape index (κ2) is 6.51. The number of fused-ring (bicyclic) bond motifs is 1. The van der Waals surface area contributed by atoms with Gasteiger partial charge in [-0.3, -0.25) is 0 Å². The highest BCUT2D eigenvalue weighted by molar-refractivity contribution is 5.82. The second-order valence-electron chi connectivity index (χ2n) is 5.18.